The zero-order valence-corrected chi connectivity index (χ0v) is 13.6. The highest BCUT2D eigenvalue weighted by Crippen LogP contribution is 2.55. The lowest BCUT2D eigenvalue weighted by atomic mass is 9.90. The number of halogens is 7. The molecule has 2 unspecified atom stereocenters. The second-order valence-corrected chi connectivity index (χ2v) is 6.86. The molecule has 0 bridgehead atoms. The zero-order chi connectivity index (χ0) is 19.7. The van der Waals surface area contributed by atoms with Gasteiger partial charge >= 0.3 is 6.18 Å². The third kappa shape index (κ3) is 2.59. The predicted octanol–water partition coefficient (Wildman–Crippen LogP) is 2.84. The van der Waals surface area contributed by atoms with Gasteiger partial charge in [-0.2, -0.15) is 18.3 Å². The molecule has 2 heterocycles. The Kier molecular flexibility index (Phi) is 4.24. The molecular weight excluding hydrogens is 389 g/mol. The van der Waals surface area contributed by atoms with E-state index < -0.39 is 78.6 Å². The maximum absolute atomic E-state index is 14.7. The van der Waals surface area contributed by atoms with Crippen LogP contribution in [0, 0.1) is 0 Å². The van der Waals surface area contributed by atoms with Gasteiger partial charge in [0.1, 0.15) is 18.4 Å². The van der Waals surface area contributed by atoms with E-state index in [0.29, 0.717) is 4.68 Å². The molecule has 1 spiro atoms. The number of aliphatic hydroxyl groups excluding tert-OH is 1. The SMILES string of the molecule is O[C@H]1c2c(c(C(F)(F)F)nn2C2C[C@@H](F)C(F)[C@@H](F)C2)C2(OCCO2)[C@@H]1F. The summed E-state index contributed by atoms with van der Waals surface area (Å²) in [5.74, 6) is -2.49. The number of aliphatic hydroxyl groups is 1. The fourth-order valence-electron chi connectivity index (χ4n) is 4.07. The molecule has 3 aliphatic rings. The largest absolute Gasteiger partial charge is 0.435 e. The molecule has 1 saturated carbocycles. The molecule has 27 heavy (non-hydrogen) atoms. The molecule has 5 nitrogen and oxygen atoms in total. The highest BCUT2D eigenvalue weighted by molar-refractivity contribution is 5.42. The minimum Gasteiger partial charge on any atom is -0.383 e. The normalized spacial score (nSPS) is 38.5. The molecule has 2 fully saturated rings. The summed E-state index contributed by atoms with van der Waals surface area (Å²) in [6.07, 6.45) is -17.8. The molecule has 1 aliphatic heterocycles. The Balaban J connectivity index is 1.87. The van der Waals surface area contributed by atoms with Gasteiger partial charge in [0.15, 0.2) is 18.0 Å². The second kappa shape index (κ2) is 6.05. The molecule has 1 aromatic rings. The molecule has 2 aliphatic carbocycles. The van der Waals surface area contributed by atoms with Crippen molar-refractivity contribution >= 4 is 0 Å². The first-order valence-corrected chi connectivity index (χ1v) is 8.30. The Morgan fingerprint density at radius 2 is 1.59 bits per heavy atom. The van der Waals surface area contributed by atoms with Crippen molar-refractivity contribution < 1.29 is 45.3 Å². The van der Waals surface area contributed by atoms with Crippen molar-refractivity contribution in [1.29, 1.82) is 0 Å². The number of aromatic nitrogens is 2. The Hall–Kier alpha value is -1.40. The van der Waals surface area contributed by atoms with Crippen LogP contribution in [0.15, 0.2) is 0 Å². The molecule has 1 aromatic heterocycles. The average molecular weight is 404 g/mol. The maximum Gasteiger partial charge on any atom is 0.435 e. The fraction of sp³-hybridized carbons (Fsp3) is 0.800. The molecule has 12 heteroatoms. The van der Waals surface area contributed by atoms with Crippen LogP contribution in [-0.4, -0.2) is 52.8 Å². The number of alkyl halides is 7. The van der Waals surface area contributed by atoms with E-state index in [9.17, 15) is 35.8 Å². The molecule has 152 valence electrons. The Morgan fingerprint density at radius 1 is 1.04 bits per heavy atom. The second-order valence-electron chi connectivity index (χ2n) is 6.86. The highest BCUT2D eigenvalue weighted by atomic mass is 19.4. The number of nitrogens with zero attached hydrogens (tertiary/aromatic N) is 2. The van der Waals surface area contributed by atoms with Gasteiger partial charge in [-0.3, -0.25) is 4.68 Å². The van der Waals surface area contributed by atoms with Crippen molar-refractivity contribution in [2.45, 2.75) is 61.6 Å². The summed E-state index contributed by atoms with van der Waals surface area (Å²) < 4.78 is 107. The summed E-state index contributed by atoms with van der Waals surface area (Å²) in [6, 6.07) is -1.33. The number of rotatable bonds is 1. The molecule has 6 atom stereocenters. The molecule has 4 rings (SSSR count). The molecule has 0 aromatic carbocycles. The van der Waals surface area contributed by atoms with E-state index in [2.05, 4.69) is 5.10 Å². The van der Waals surface area contributed by atoms with Gasteiger partial charge in [-0.15, -0.1) is 0 Å². The van der Waals surface area contributed by atoms with Crippen LogP contribution in [0.1, 0.15) is 41.9 Å². The van der Waals surface area contributed by atoms with Crippen molar-refractivity contribution in [3.8, 4) is 0 Å². The Bertz CT molecular complexity index is 722. The van der Waals surface area contributed by atoms with Crippen LogP contribution in [0.3, 0.4) is 0 Å². The van der Waals surface area contributed by atoms with Gasteiger partial charge < -0.3 is 14.6 Å². The first kappa shape index (κ1) is 18.9. The van der Waals surface area contributed by atoms with Gasteiger partial charge in [0.05, 0.1) is 30.5 Å². The minimum atomic E-state index is -5.07. The van der Waals surface area contributed by atoms with Crippen molar-refractivity contribution in [3.05, 3.63) is 17.0 Å². The smallest absolute Gasteiger partial charge is 0.383 e. The van der Waals surface area contributed by atoms with Crippen LogP contribution in [0.2, 0.25) is 0 Å². The quantitative estimate of drug-likeness (QED) is 0.732. The average Bonchev–Trinajstić information content (AvgIpc) is 3.26. The Labute approximate surface area is 148 Å². The highest BCUT2D eigenvalue weighted by Gasteiger charge is 2.64. The van der Waals surface area contributed by atoms with Crippen molar-refractivity contribution in [1.82, 2.24) is 9.78 Å². The fourth-order valence-corrected chi connectivity index (χ4v) is 4.07. The Morgan fingerprint density at radius 3 is 2.11 bits per heavy atom. The summed E-state index contributed by atoms with van der Waals surface area (Å²) in [5.41, 5.74) is -3.01. The van der Waals surface area contributed by atoms with Crippen molar-refractivity contribution in [2.75, 3.05) is 13.2 Å². The van der Waals surface area contributed by atoms with Crippen LogP contribution >= 0.6 is 0 Å². The molecular formula is C15H15F7N2O3. The van der Waals surface area contributed by atoms with Crippen LogP contribution < -0.4 is 0 Å². The monoisotopic (exact) mass is 404 g/mol. The number of ether oxygens (including phenoxy) is 2. The van der Waals surface area contributed by atoms with E-state index >= 15 is 0 Å². The van der Waals surface area contributed by atoms with Gasteiger partial charge in [-0.1, -0.05) is 0 Å². The summed E-state index contributed by atoms with van der Waals surface area (Å²) in [4.78, 5) is 0. The van der Waals surface area contributed by atoms with Gasteiger partial charge in [-0.25, -0.2) is 17.6 Å². The summed E-state index contributed by atoms with van der Waals surface area (Å²) in [5, 5.41) is 13.6. The first-order valence-electron chi connectivity index (χ1n) is 8.30. The molecule has 0 amide bonds. The van der Waals surface area contributed by atoms with E-state index in [1.54, 1.807) is 0 Å². The van der Waals surface area contributed by atoms with Crippen molar-refractivity contribution in [2.24, 2.45) is 0 Å². The summed E-state index contributed by atoms with van der Waals surface area (Å²) >= 11 is 0. The molecule has 1 N–H and O–H groups in total. The van der Waals surface area contributed by atoms with E-state index in [1.807, 2.05) is 0 Å². The molecule has 0 radical (unpaired) electrons. The number of hydrogen-bond donors (Lipinski definition) is 1. The topological polar surface area (TPSA) is 56.5 Å². The number of hydrogen-bond acceptors (Lipinski definition) is 4. The predicted molar refractivity (Wildman–Crippen MR) is 73.6 cm³/mol. The van der Waals surface area contributed by atoms with Gasteiger partial charge in [0, 0.05) is 12.8 Å². The van der Waals surface area contributed by atoms with Gasteiger partial charge in [0.25, 0.3) is 0 Å². The lowest BCUT2D eigenvalue weighted by Gasteiger charge is -2.31. The van der Waals surface area contributed by atoms with Crippen LogP contribution in [0.4, 0.5) is 30.7 Å². The van der Waals surface area contributed by atoms with Crippen LogP contribution in [0.5, 0.6) is 0 Å². The molecule has 1 saturated heterocycles. The van der Waals surface area contributed by atoms with E-state index in [-0.39, 0.29) is 13.2 Å². The lowest BCUT2D eigenvalue weighted by molar-refractivity contribution is -0.222. The van der Waals surface area contributed by atoms with Crippen LogP contribution in [-0.2, 0) is 21.4 Å². The van der Waals surface area contributed by atoms with E-state index in [1.165, 1.54) is 0 Å². The third-order valence-corrected chi connectivity index (χ3v) is 5.23. The zero-order valence-electron chi connectivity index (χ0n) is 13.6. The van der Waals surface area contributed by atoms with Gasteiger partial charge in [-0.05, 0) is 0 Å². The van der Waals surface area contributed by atoms with E-state index in [0.717, 1.165) is 0 Å². The third-order valence-electron chi connectivity index (χ3n) is 5.23. The summed E-state index contributed by atoms with van der Waals surface area (Å²) in [6.45, 7) is -0.414. The first-order chi connectivity index (χ1) is 12.6. The van der Waals surface area contributed by atoms with Crippen LogP contribution in [0.25, 0.3) is 0 Å². The lowest BCUT2D eigenvalue weighted by Crippen LogP contribution is -2.39. The van der Waals surface area contributed by atoms with Gasteiger partial charge in [0.2, 0.25) is 5.79 Å². The standard InChI is InChI=1S/C15H15F7N2O3/c16-6-3-5(4-7(17)9(6)18)24-10-8(13(23-24)15(20,21)22)14(12(19)11(10)25)26-1-2-27-14/h5-7,9,11-12,25H,1-4H2/t5?,6-,7+,9?,11-,12+/m0/s1. The minimum absolute atomic E-state index is 0.207. The van der Waals surface area contributed by atoms with Crippen molar-refractivity contribution in [3.63, 3.8) is 0 Å². The van der Waals surface area contributed by atoms with E-state index in [4.69, 9.17) is 9.47 Å². The summed E-state index contributed by atoms with van der Waals surface area (Å²) in [7, 11) is 0. The number of fused-ring (bicyclic) bond motifs is 2. The maximum atomic E-state index is 14.7.